The maximum Gasteiger partial charge on any atom is 0.132 e. The smallest absolute Gasteiger partial charge is 0.132 e. The number of rotatable bonds is 5. The second kappa shape index (κ2) is 8.79. The number of hydrogen-bond acceptors (Lipinski definition) is 2. The van der Waals surface area contributed by atoms with Gasteiger partial charge in [-0.1, -0.05) is 41.6 Å². The molecule has 0 heterocycles. The molecule has 0 aliphatic carbocycles. The first-order valence-electron chi connectivity index (χ1n) is 7.80. The zero-order valence-electron chi connectivity index (χ0n) is 13.6. The second-order valence-electron chi connectivity index (χ2n) is 5.33. The van der Waals surface area contributed by atoms with E-state index in [2.05, 4.69) is 4.99 Å². The normalized spacial score (nSPS) is 11.9. The van der Waals surface area contributed by atoms with Crippen LogP contribution in [0.25, 0.3) is 0 Å². The van der Waals surface area contributed by atoms with Gasteiger partial charge in [-0.05, 0) is 66.1 Å². The molecule has 0 amide bonds. The summed E-state index contributed by atoms with van der Waals surface area (Å²) in [5.41, 5.74) is 1.50. The Labute approximate surface area is 160 Å². The van der Waals surface area contributed by atoms with Gasteiger partial charge in [0.2, 0.25) is 0 Å². The quantitative estimate of drug-likeness (QED) is 0.338. The van der Waals surface area contributed by atoms with Crippen LogP contribution in [0.5, 0.6) is 0 Å². The molecule has 0 radical (unpaired) electrons. The summed E-state index contributed by atoms with van der Waals surface area (Å²) in [6.45, 7) is 0. The average Bonchev–Trinajstić information content (AvgIpc) is 2.63. The van der Waals surface area contributed by atoms with Crippen molar-refractivity contribution in [2.75, 3.05) is 0 Å². The third-order valence-electron chi connectivity index (χ3n) is 3.45. The first-order chi connectivity index (χ1) is 12.6. The van der Waals surface area contributed by atoms with Gasteiger partial charge in [0.15, 0.2) is 0 Å². The number of thioether (sulfide) groups is 1. The predicted octanol–water partition coefficient (Wildman–Crippen LogP) is 7.05. The van der Waals surface area contributed by atoms with Crippen molar-refractivity contribution < 1.29 is 8.78 Å². The molecule has 0 fully saturated rings. The summed E-state index contributed by atoms with van der Waals surface area (Å²) >= 11 is 7.40. The first-order valence-corrected chi connectivity index (χ1v) is 9.05. The van der Waals surface area contributed by atoms with Crippen molar-refractivity contribution in [2.24, 2.45) is 4.99 Å². The van der Waals surface area contributed by atoms with E-state index >= 15 is 0 Å². The molecule has 3 aromatic rings. The van der Waals surface area contributed by atoms with Gasteiger partial charge in [0.05, 0.1) is 11.4 Å². The van der Waals surface area contributed by atoms with E-state index < -0.39 is 0 Å². The van der Waals surface area contributed by atoms with E-state index in [9.17, 15) is 8.78 Å². The molecule has 0 aliphatic rings. The van der Waals surface area contributed by atoms with Crippen molar-refractivity contribution in [3.05, 3.63) is 107 Å². The van der Waals surface area contributed by atoms with E-state index in [-0.39, 0.29) is 11.6 Å². The molecule has 0 N–H and O–H groups in total. The van der Waals surface area contributed by atoms with Crippen LogP contribution >= 0.6 is 23.4 Å². The maximum atomic E-state index is 14.2. The van der Waals surface area contributed by atoms with E-state index in [1.807, 2.05) is 0 Å². The number of nitrogens with zero attached hydrogens (tertiary/aromatic N) is 1. The largest absolute Gasteiger partial charge is 0.248 e. The van der Waals surface area contributed by atoms with Crippen molar-refractivity contribution in [2.45, 2.75) is 4.90 Å². The SMILES string of the molecule is Fc1ccc(SC=CC(=Nc2cccc(Cl)c2)c2ccccc2F)cc1. The molecule has 3 aromatic carbocycles. The van der Waals surface area contributed by atoms with Crippen molar-refractivity contribution in [3.8, 4) is 0 Å². The van der Waals surface area contributed by atoms with Crippen molar-refractivity contribution in [3.63, 3.8) is 0 Å². The minimum Gasteiger partial charge on any atom is -0.248 e. The maximum absolute atomic E-state index is 14.2. The highest BCUT2D eigenvalue weighted by Crippen LogP contribution is 2.23. The van der Waals surface area contributed by atoms with Crippen molar-refractivity contribution >= 4 is 34.8 Å². The van der Waals surface area contributed by atoms with Gasteiger partial charge < -0.3 is 0 Å². The Morgan fingerprint density at radius 3 is 2.42 bits per heavy atom. The Morgan fingerprint density at radius 1 is 0.923 bits per heavy atom. The molecular weight excluding hydrogens is 372 g/mol. The topological polar surface area (TPSA) is 12.4 Å². The number of benzene rings is 3. The molecule has 0 spiro atoms. The van der Waals surface area contributed by atoms with Crippen LogP contribution < -0.4 is 0 Å². The Balaban J connectivity index is 1.91. The summed E-state index contributed by atoms with van der Waals surface area (Å²) in [5.74, 6) is -0.641. The molecule has 0 bridgehead atoms. The third kappa shape index (κ3) is 5.04. The molecule has 5 heteroatoms. The van der Waals surface area contributed by atoms with Crippen LogP contribution in [0, 0.1) is 11.6 Å². The minimum absolute atomic E-state index is 0.284. The fourth-order valence-corrected chi connectivity index (χ4v) is 3.06. The predicted molar refractivity (Wildman–Crippen MR) is 105 cm³/mol. The molecule has 26 heavy (non-hydrogen) atoms. The number of halogens is 3. The Kier molecular flexibility index (Phi) is 6.21. The monoisotopic (exact) mass is 385 g/mol. The standard InChI is InChI=1S/C21H14ClF2NS/c22-15-4-3-5-17(14-15)25-21(19-6-1-2-7-20(19)24)12-13-26-18-10-8-16(23)9-11-18/h1-14H. The lowest BCUT2D eigenvalue weighted by Crippen LogP contribution is -1.99. The highest BCUT2D eigenvalue weighted by Gasteiger charge is 2.07. The van der Waals surface area contributed by atoms with Gasteiger partial charge in [-0.2, -0.15) is 0 Å². The lowest BCUT2D eigenvalue weighted by atomic mass is 10.1. The van der Waals surface area contributed by atoms with Gasteiger partial charge >= 0.3 is 0 Å². The second-order valence-corrected chi connectivity index (χ2v) is 6.75. The summed E-state index contributed by atoms with van der Waals surface area (Å²) in [4.78, 5) is 5.40. The molecule has 3 rings (SSSR count). The molecule has 1 nitrogen and oxygen atoms in total. The number of hydrogen-bond donors (Lipinski definition) is 0. The van der Waals surface area contributed by atoms with Crippen LogP contribution in [-0.2, 0) is 0 Å². The van der Waals surface area contributed by atoms with Crippen LogP contribution in [0.2, 0.25) is 5.02 Å². The highest BCUT2D eigenvalue weighted by molar-refractivity contribution is 8.02. The highest BCUT2D eigenvalue weighted by atomic mass is 35.5. The fourth-order valence-electron chi connectivity index (χ4n) is 2.23. The van der Waals surface area contributed by atoms with Crippen LogP contribution in [0.15, 0.2) is 94.2 Å². The lowest BCUT2D eigenvalue weighted by molar-refractivity contribution is 0.625. The average molecular weight is 386 g/mol. The molecule has 0 unspecified atom stereocenters. The molecule has 0 aliphatic heterocycles. The number of allylic oxidation sites excluding steroid dienone is 1. The van der Waals surface area contributed by atoms with Gasteiger partial charge in [0, 0.05) is 15.5 Å². The van der Waals surface area contributed by atoms with E-state index in [1.165, 1.54) is 30.0 Å². The lowest BCUT2D eigenvalue weighted by Gasteiger charge is -2.05. The summed E-state index contributed by atoms with van der Waals surface area (Å²) in [6, 6.07) is 19.7. The Hall–Kier alpha value is -2.43. The minimum atomic E-state index is -0.357. The summed E-state index contributed by atoms with van der Waals surface area (Å²) in [7, 11) is 0. The first kappa shape index (κ1) is 18.4. The Morgan fingerprint density at radius 2 is 1.69 bits per heavy atom. The van der Waals surface area contributed by atoms with Gasteiger partial charge in [0.1, 0.15) is 11.6 Å². The van der Waals surface area contributed by atoms with E-state index in [1.54, 1.807) is 66.1 Å². The van der Waals surface area contributed by atoms with Gasteiger partial charge in [-0.3, -0.25) is 0 Å². The molecule has 0 atom stereocenters. The summed E-state index contributed by atoms with van der Waals surface area (Å²) in [5, 5.41) is 2.35. The Bertz CT molecular complexity index is 952. The fraction of sp³-hybridized carbons (Fsp3) is 0. The van der Waals surface area contributed by atoms with Gasteiger partial charge in [-0.15, -0.1) is 0 Å². The molecule has 0 saturated carbocycles. The van der Waals surface area contributed by atoms with Crippen molar-refractivity contribution in [1.29, 1.82) is 0 Å². The van der Waals surface area contributed by atoms with Crippen LogP contribution in [0.3, 0.4) is 0 Å². The molecular formula is C21H14ClF2NS. The van der Waals surface area contributed by atoms with Crippen LogP contribution in [0.1, 0.15) is 5.56 Å². The third-order valence-corrected chi connectivity index (χ3v) is 4.50. The van der Waals surface area contributed by atoms with Crippen molar-refractivity contribution in [1.82, 2.24) is 0 Å². The van der Waals surface area contributed by atoms with Crippen LogP contribution in [-0.4, -0.2) is 5.71 Å². The van der Waals surface area contributed by atoms with Gasteiger partial charge in [0.25, 0.3) is 0 Å². The van der Waals surface area contributed by atoms with E-state index in [0.717, 1.165) is 4.90 Å². The number of aliphatic imine (C=N–C) groups is 1. The van der Waals surface area contributed by atoms with E-state index in [4.69, 9.17) is 11.6 Å². The molecule has 130 valence electrons. The zero-order chi connectivity index (χ0) is 18.4. The van der Waals surface area contributed by atoms with Crippen LogP contribution in [0.4, 0.5) is 14.5 Å². The van der Waals surface area contributed by atoms with Gasteiger partial charge in [-0.25, -0.2) is 13.8 Å². The summed E-state index contributed by atoms with van der Waals surface area (Å²) in [6.07, 6.45) is 1.73. The molecule has 0 aromatic heterocycles. The zero-order valence-corrected chi connectivity index (χ0v) is 15.1. The molecule has 0 saturated heterocycles. The van der Waals surface area contributed by atoms with E-state index in [0.29, 0.717) is 22.0 Å². The summed E-state index contributed by atoms with van der Waals surface area (Å²) < 4.78 is 27.2.